The zero-order valence-electron chi connectivity index (χ0n) is 11.9. The molecule has 2 rings (SSSR count). The lowest BCUT2D eigenvalue weighted by molar-refractivity contribution is -0.128. The summed E-state index contributed by atoms with van der Waals surface area (Å²) < 4.78 is 1.08. The molecule has 6 heteroatoms. The van der Waals surface area contributed by atoms with Gasteiger partial charge in [-0.2, -0.15) is 0 Å². The van der Waals surface area contributed by atoms with Crippen LogP contribution < -0.4 is 11.1 Å². The molecule has 1 fully saturated rings. The average Bonchev–Trinajstić information content (AvgIpc) is 2.84. The van der Waals surface area contributed by atoms with E-state index in [0.717, 1.165) is 30.3 Å². The molecule has 0 bridgehead atoms. The zero-order chi connectivity index (χ0) is 14.7. The third-order valence-corrected chi connectivity index (χ3v) is 5.59. The number of piperidine rings is 1. The minimum atomic E-state index is -0.0642. The molecule has 1 aromatic rings. The van der Waals surface area contributed by atoms with E-state index in [-0.39, 0.29) is 24.0 Å². The van der Waals surface area contributed by atoms with Crippen molar-refractivity contribution in [3.05, 3.63) is 20.8 Å². The third-order valence-electron chi connectivity index (χ3n) is 3.83. The number of nitrogens with one attached hydrogen (secondary N) is 1. The summed E-state index contributed by atoms with van der Waals surface area (Å²) >= 11 is 5.20. The van der Waals surface area contributed by atoms with Gasteiger partial charge in [-0.25, -0.2) is 0 Å². The number of halogens is 1. The van der Waals surface area contributed by atoms with Crippen molar-refractivity contribution >= 4 is 33.2 Å². The molecule has 0 saturated carbocycles. The molecular formula is C14H22BrN3OS. The smallest absolute Gasteiger partial charge is 0.237 e. The fourth-order valence-corrected chi connectivity index (χ4v) is 4.62. The maximum Gasteiger partial charge on any atom is 0.237 e. The van der Waals surface area contributed by atoms with Crippen molar-refractivity contribution in [1.29, 1.82) is 0 Å². The van der Waals surface area contributed by atoms with Crippen LogP contribution in [0.2, 0.25) is 0 Å². The van der Waals surface area contributed by atoms with Crippen LogP contribution >= 0.6 is 27.3 Å². The summed E-state index contributed by atoms with van der Waals surface area (Å²) in [6.07, 6.45) is 3.15. The number of amides is 1. The number of likely N-dealkylation sites (tertiary alicyclic amines) is 1. The SMILES string of the molecule is CNC(=O)C1CCCCN1C(c1cc(Br)cs1)C(C)N. The predicted octanol–water partition coefficient (Wildman–Crippen LogP) is 2.50. The summed E-state index contributed by atoms with van der Waals surface area (Å²) in [6.45, 7) is 2.95. The van der Waals surface area contributed by atoms with Crippen LogP contribution in [0.5, 0.6) is 0 Å². The molecule has 1 aliphatic rings. The highest BCUT2D eigenvalue weighted by molar-refractivity contribution is 9.10. The molecule has 1 aromatic heterocycles. The van der Waals surface area contributed by atoms with Crippen molar-refractivity contribution in [3.8, 4) is 0 Å². The van der Waals surface area contributed by atoms with Crippen LogP contribution in [0.1, 0.15) is 37.1 Å². The fraction of sp³-hybridized carbons (Fsp3) is 0.643. The van der Waals surface area contributed by atoms with Crippen LogP contribution in [-0.4, -0.2) is 36.5 Å². The number of hydrogen-bond donors (Lipinski definition) is 2. The molecular weight excluding hydrogens is 338 g/mol. The van der Waals surface area contributed by atoms with Crippen molar-refractivity contribution in [2.24, 2.45) is 5.73 Å². The molecule has 0 radical (unpaired) electrons. The molecule has 3 atom stereocenters. The molecule has 4 nitrogen and oxygen atoms in total. The van der Waals surface area contributed by atoms with Gasteiger partial charge in [-0.3, -0.25) is 9.69 Å². The maximum atomic E-state index is 12.1. The number of carbonyl (C=O) groups excluding carboxylic acids is 1. The van der Waals surface area contributed by atoms with Crippen LogP contribution in [0.15, 0.2) is 15.9 Å². The van der Waals surface area contributed by atoms with Gasteiger partial charge < -0.3 is 11.1 Å². The second-order valence-corrected chi connectivity index (χ2v) is 7.19. The first-order valence-electron chi connectivity index (χ1n) is 7.01. The Morgan fingerprint density at radius 1 is 1.60 bits per heavy atom. The van der Waals surface area contributed by atoms with Gasteiger partial charge in [-0.15, -0.1) is 11.3 Å². The fourth-order valence-electron chi connectivity index (χ4n) is 2.94. The van der Waals surface area contributed by atoms with Gasteiger partial charge in [0.25, 0.3) is 0 Å². The summed E-state index contributed by atoms with van der Waals surface area (Å²) in [4.78, 5) is 15.6. The average molecular weight is 360 g/mol. The maximum absolute atomic E-state index is 12.1. The summed E-state index contributed by atoms with van der Waals surface area (Å²) in [6, 6.07) is 2.15. The number of likely N-dealkylation sites (N-methyl/N-ethyl adjacent to an activating group) is 1. The molecule has 20 heavy (non-hydrogen) atoms. The Labute approximate surface area is 132 Å². The Hall–Kier alpha value is -0.430. The first-order valence-corrected chi connectivity index (χ1v) is 8.68. The van der Waals surface area contributed by atoms with Gasteiger partial charge in [-0.1, -0.05) is 6.42 Å². The minimum absolute atomic E-state index is 0.00851. The van der Waals surface area contributed by atoms with Crippen LogP contribution in [0.25, 0.3) is 0 Å². The molecule has 3 N–H and O–H groups in total. The molecule has 2 heterocycles. The van der Waals surface area contributed by atoms with E-state index in [1.807, 2.05) is 6.92 Å². The normalized spacial score (nSPS) is 23.3. The van der Waals surface area contributed by atoms with Crippen molar-refractivity contribution in [3.63, 3.8) is 0 Å². The van der Waals surface area contributed by atoms with E-state index < -0.39 is 0 Å². The van der Waals surface area contributed by atoms with Crippen molar-refractivity contribution in [1.82, 2.24) is 10.2 Å². The van der Waals surface area contributed by atoms with Crippen molar-refractivity contribution in [2.75, 3.05) is 13.6 Å². The quantitative estimate of drug-likeness (QED) is 0.868. The highest BCUT2D eigenvalue weighted by Gasteiger charge is 2.36. The van der Waals surface area contributed by atoms with Crippen molar-refractivity contribution in [2.45, 2.75) is 44.3 Å². The zero-order valence-corrected chi connectivity index (χ0v) is 14.3. The van der Waals surface area contributed by atoms with Gasteiger partial charge in [0.15, 0.2) is 0 Å². The van der Waals surface area contributed by atoms with E-state index in [9.17, 15) is 4.79 Å². The predicted molar refractivity (Wildman–Crippen MR) is 86.8 cm³/mol. The monoisotopic (exact) mass is 359 g/mol. The molecule has 0 aliphatic carbocycles. The molecule has 0 spiro atoms. The molecule has 3 unspecified atom stereocenters. The summed E-state index contributed by atoms with van der Waals surface area (Å²) in [5.41, 5.74) is 6.23. The Bertz CT molecular complexity index is 463. The largest absolute Gasteiger partial charge is 0.358 e. The van der Waals surface area contributed by atoms with E-state index >= 15 is 0 Å². The molecule has 112 valence electrons. The highest BCUT2D eigenvalue weighted by atomic mass is 79.9. The first-order chi connectivity index (χ1) is 9.54. The topological polar surface area (TPSA) is 58.4 Å². The number of nitrogens with zero attached hydrogens (tertiary/aromatic N) is 1. The number of carbonyl (C=O) groups is 1. The van der Waals surface area contributed by atoms with Crippen LogP contribution in [0.3, 0.4) is 0 Å². The van der Waals surface area contributed by atoms with Gasteiger partial charge in [0, 0.05) is 27.8 Å². The number of hydrogen-bond acceptors (Lipinski definition) is 4. The summed E-state index contributed by atoms with van der Waals surface area (Å²) in [5, 5.41) is 4.86. The lowest BCUT2D eigenvalue weighted by atomic mass is 9.96. The van der Waals surface area contributed by atoms with Crippen LogP contribution in [-0.2, 0) is 4.79 Å². The van der Waals surface area contributed by atoms with Gasteiger partial charge in [0.1, 0.15) is 0 Å². The second-order valence-electron chi connectivity index (χ2n) is 5.33. The Morgan fingerprint density at radius 2 is 2.35 bits per heavy atom. The molecule has 1 amide bonds. The second kappa shape index (κ2) is 7.02. The van der Waals surface area contributed by atoms with Gasteiger partial charge >= 0.3 is 0 Å². The number of nitrogens with two attached hydrogens (primary N) is 1. The van der Waals surface area contributed by atoms with Gasteiger partial charge in [0.2, 0.25) is 5.91 Å². The Balaban J connectivity index is 2.28. The van der Waals surface area contributed by atoms with E-state index in [1.54, 1.807) is 18.4 Å². The Kier molecular flexibility index (Phi) is 5.60. The first kappa shape index (κ1) is 15.9. The van der Waals surface area contributed by atoms with Crippen LogP contribution in [0, 0.1) is 0 Å². The number of rotatable bonds is 4. The third kappa shape index (κ3) is 3.42. The summed E-state index contributed by atoms with van der Waals surface area (Å²) in [5.74, 6) is 0.103. The molecule has 1 aliphatic heterocycles. The van der Waals surface area contributed by atoms with Gasteiger partial charge in [0.05, 0.1) is 12.1 Å². The summed E-state index contributed by atoms with van der Waals surface area (Å²) in [7, 11) is 1.71. The van der Waals surface area contributed by atoms with Gasteiger partial charge in [-0.05, 0) is 48.3 Å². The lowest BCUT2D eigenvalue weighted by Gasteiger charge is -2.41. The molecule has 0 aromatic carbocycles. The lowest BCUT2D eigenvalue weighted by Crippen LogP contribution is -2.53. The van der Waals surface area contributed by atoms with Crippen molar-refractivity contribution < 1.29 is 4.79 Å². The van der Waals surface area contributed by atoms with E-state index in [1.165, 1.54) is 4.88 Å². The Morgan fingerprint density at radius 3 is 2.90 bits per heavy atom. The van der Waals surface area contributed by atoms with E-state index in [0.29, 0.717) is 0 Å². The van der Waals surface area contributed by atoms with Crippen LogP contribution in [0.4, 0.5) is 0 Å². The standard InChI is InChI=1S/C14H22BrN3OS/c1-9(16)13(12-7-10(15)8-20-12)18-6-4-3-5-11(18)14(19)17-2/h7-9,11,13H,3-6,16H2,1-2H3,(H,17,19). The number of thiophene rings is 1. The highest BCUT2D eigenvalue weighted by Crippen LogP contribution is 2.35. The minimum Gasteiger partial charge on any atom is -0.358 e. The van der Waals surface area contributed by atoms with E-state index in [2.05, 4.69) is 37.6 Å². The molecule has 1 saturated heterocycles. The van der Waals surface area contributed by atoms with E-state index in [4.69, 9.17) is 5.73 Å².